The molecule has 0 spiro atoms. The van der Waals surface area contributed by atoms with E-state index in [2.05, 4.69) is 5.32 Å². The highest BCUT2D eigenvalue weighted by Gasteiger charge is 2.26. The summed E-state index contributed by atoms with van der Waals surface area (Å²) in [4.78, 5) is 12.3. The lowest BCUT2D eigenvalue weighted by molar-refractivity contribution is -0.120. The highest BCUT2D eigenvalue weighted by atomic mass is 16.5. The summed E-state index contributed by atoms with van der Waals surface area (Å²) in [7, 11) is 0. The summed E-state index contributed by atoms with van der Waals surface area (Å²) in [5, 5.41) is 13.4. The van der Waals surface area contributed by atoms with Crippen LogP contribution in [0.2, 0.25) is 0 Å². The summed E-state index contributed by atoms with van der Waals surface area (Å²) in [5.74, 6) is 0.383. The molecule has 0 fully saturated rings. The zero-order valence-electron chi connectivity index (χ0n) is 13.6. The van der Waals surface area contributed by atoms with Crippen LogP contribution in [0.5, 0.6) is 5.75 Å². The first kappa shape index (κ1) is 17.0. The van der Waals surface area contributed by atoms with Crippen molar-refractivity contribution < 1.29 is 14.6 Å². The van der Waals surface area contributed by atoms with Crippen LogP contribution in [0.1, 0.15) is 32.3 Å². The Kier molecular flexibility index (Phi) is 5.77. The maximum Gasteiger partial charge on any atom is 0.227 e. The molecule has 122 valence electrons. The second-order valence-electron chi connectivity index (χ2n) is 5.71. The number of aliphatic hydroxyl groups is 1. The van der Waals surface area contributed by atoms with Gasteiger partial charge >= 0.3 is 0 Å². The number of ether oxygens (including phenoxy) is 1. The van der Waals surface area contributed by atoms with Gasteiger partial charge in [-0.2, -0.15) is 0 Å². The van der Waals surface area contributed by atoms with Crippen LogP contribution in [0, 0.1) is 0 Å². The first-order valence-electron chi connectivity index (χ1n) is 7.82. The number of rotatable bonds is 7. The molecule has 0 aromatic heterocycles. The maximum absolute atomic E-state index is 12.3. The van der Waals surface area contributed by atoms with Crippen molar-refractivity contribution in [3.63, 3.8) is 0 Å². The van der Waals surface area contributed by atoms with Gasteiger partial charge in [0.15, 0.2) is 0 Å². The fourth-order valence-corrected chi connectivity index (χ4v) is 2.31. The van der Waals surface area contributed by atoms with Gasteiger partial charge in [0.05, 0.1) is 24.3 Å². The Bertz CT molecular complexity index is 638. The first-order valence-corrected chi connectivity index (χ1v) is 7.82. The van der Waals surface area contributed by atoms with Crippen molar-refractivity contribution in [1.29, 1.82) is 0 Å². The van der Waals surface area contributed by atoms with E-state index in [9.17, 15) is 9.90 Å². The number of carbonyl (C=O) groups excluding carboxylic acids is 1. The molecule has 0 bridgehead atoms. The van der Waals surface area contributed by atoms with Crippen LogP contribution < -0.4 is 10.1 Å². The lowest BCUT2D eigenvalue weighted by atomic mass is 9.92. The smallest absolute Gasteiger partial charge is 0.227 e. The molecule has 0 saturated carbocycles. The predicted octanol–water partition coefficient (Wildman–Crippen LogP) is 3.71. The molecular formula is C19H23NO3. The van der Waals surface area contributed by atoms with Crippen LogP contribution in [-0.2, 0) is 10.4 Å². The van der Waals surface area contributed by atoms with E-state index in [1.54, 1.807) is 13.0 Å². The summed E-state index contributed by atoms with van der Waals surface area (Å²) in [6.45, 7) is 4.26. The summed E-state index contributed by atoms with van der Waals surface area (Å²) in [6.07, 6.45) is 0.865. The molecule has 0 aliphatic carbocycles. The average molecular weight is 313 g/mol. The van der Waals surface area contributed by atoms with Crippen LogP contribution in [0.3, 0.4) is 0 Å². The Balaban J connectivity index is 2.05. The molecule has 2 aromatic rings. The molecule has 4 nitrogen and oxygen atoms in total. The number of carbonyl (C=O) groups is 1. The van der Waals surface area contributed by atoms with E-state index in [0.717, 1.165) is 6.42 Å². The highest BCUT2D eigenvalue weighted by Crippen LogP contribution is 2.27. The third-order valence-corrected chi connectivity index (χ3v) is 3.52. The number of para-hydroxylation sites is 2. The van der Waals surface area contributed by atoms with E-state index in [1.807, 2.05) is 55.5 Å². The minimum absolute atomic E-state index is 0.0286. The summed E-state index contributed by atoms with van der Waals surface area (Å²) >= 11 is 0. The van der Waals surface area contributed by atoms with Gasteiger partial charge in [-0.05, 0) is 31.0 Å². The fraction of sp³-hybridized carbons (Fsp3) is 0.316. The molecule has 1 amide bonds. The van der Waals surface area contributed by atoms with E-state index < -0.39 is 5.60 Å². The van der Waals surface area contributed by atoms with Gasteiger partial charge in [0.2, 0.25) is 5.91 Å². The van der Waals surface area contributed by atoms with Gasteiger partial charge in [-0.3, -0.25) is 4.79 Å². The molecule has 4 heteroatoms. The van der Waals surface area contributed by atoms with Gasteiger partial charge in [-0.1, -0.05) is 49.4 Å². The van der Waals surface area contributed by atoms with Gasteiger partial charge in [-0.15, -0.1) is 0 Å². The van der Waals surface area contributed by atoms with Crippen molar-refractivity contribution >= 4 is 11.6 Å². The van der Waals surface area contributed by atoms with Gasteiger partial charge in [-0.25, -0.2) is 0 Å². The van der Waals surface area contributed by atoms with Gasteiger partial charge < -0.3 is 15.2 Å². The largest absolute Gasteiger partial charge is 0.491 e. The van der Waals surface area contributed by atoms with Crippen molar-refractivity contribution in [3.8, 4) is 5.75 Å². The van der Waals surface area contributed by atoms with E-state index >= 15 is 0 Å². The molecule has 0 aliphatic heterocycles. The molecule has 2 N–H and O–H groups in total. The summed E-state index contributed by atoms with van der Waals surface area (Å²) < 4.78 is 5.62. The standard InChI is InChI=1S/C19H23NO3/c1-3-13-23-17-12-8-7-11-16(17)20-18(21)14-19(2,22)15-9-5-4-6-10-15/h4-12,22H,3,13-14H2,1-2H3,(H,20,21). The van der Waals surface area contributed by atoms with E-state index in [0.29, 0.717) is 23.6 Å². The molecule has 0 radical (unpaired) electrons. The Morgan fingerprint density at radius 3 is 2.48 bits per heavy atom. The van der Waals surface area contributed by atoms with Crippen LogP contribution in [-0.4, -0.2) is 17.6 Å². The van der Waals surface area contributed by atoms with E-state index in [4.69, 9.17) is 4.74 Å². The number of hydrogen-bond acceptors (Lipinski definition) is 3. The molecule has 0 heterocycles. The summed E-state index contributed by atoms with van der Waals surface area (Å²) in [5.41, 5.74) is 0.116. The number of amides is 1. The molecule has 2 rings (SSSR count). The fourth-order valence-electron chi connectivity index (χ4n) is 2.31. The molecule has 1 atom stereocenters. The van der Waals surface area contributed by atoms with E-state index in [1.165, 1.54) is 0 Å². The Labute approximate surface area is 137 Å². The molecule has 0 aliphatic rings. The maximum atomic E-state index is 12.3. The third-order valence-electron chi connectivity index (χ3n) is 3.52. The monoisotopic (exact) mass is 313 g/mol. The lowest BCUT2D eigenvalue weighted by Crippen LogP contribution is -2.28. The molecule has 1 unspecified atom stereocenters. The SMILES string of the molecule is CCCOc1ccccc1NC(=O)CC(C)(O)c1ccccc1. The topological polar surface area (TPSA) is 58.6 Å². The second-order valence-corrected chi connectivity index (χ2v) is 5.71. The highest BCUT2D eigenvalue weighted by molar-refractivity contribution is 5.92. The minimum atomic E-state index is -1.22. The van der Waals surface area contributed by atoms with Gasteiger partial charge in [0, 0.05) is 0 Å². The molecule has 23 heavy (non-hydrogen) atoms. The third kappa shape index (κ3) is 4.83. The molecule has 2 aromatic carbocycles. The first-order chi connectivity index (χ1) is 11.0. The van der Waals surface area contributed by atoms with Gasteiger partial charge in [0.25, 0.3) is 0 Å². The number of benzene rings is 2. The summed E-state index contributed by atoms with van der Waals surface area (Å²) in [6, 6.07) is 16.5. The van der Waals surface area contributed by atoms with Gasteiger partial charge in [0.1, 0.15) is 5.75 Å². The zero-order chi connectivity index (χ0) is 16.7. The van der Waals surface area contributed by atoms with Crippen molar-refractivity contribution in [2.45, 2.75) is 32.3 Å². The zero-order valence-corrected chi connectivity index (χ0v) is 13.6. The van der Waals surface area contributed by atoms with Crippen molar-refractivity contribution in [1.82, 2.24) is 0 Å². The number of nitrogens with one attached hydrogen (secondary N) is 1. The quantitative estimate of drug-likeness (QED) is 0.819. The Hall–Kier alpha value is -2.33. The Morgan fingerprint density at radius 1 is 1.13 bits per heavy atom. The lowest BCUT2D eigenvalue weighted by Gasteiger charge is -2.23. The normalized spacial score (nSPS) is 13.2. The molecular weight excluding hydrogens is 290 g/mol. The van der Waals surface area contributed by atoms with Crippen molar-refractivity contribution in [3.05, 3.63) is 60.2 Å². The number of anilines is 1. The van der Waals surface area contributed by atoms with E-state index in [-0.39, 0.29) is 12.3 Å². The second kappa shape index (κ2) is 7.79. The Morgan fingerprint density at radius 2 is 1.78 bits per heavy atom. The predicted molar refractivity (Wildman–Crippen MR) is 91.5 cm³/mol. The van der Waals surface area contributed by atoms with Crippen molar-refractivity contribution in [2.75, 3.05) is 11.9 Å². The van der Waals surface area contributed by atoms with Crippen LogP contribution in [0.15, 0.2) is 54.6 Å². The van der Waals surface area contributed by atoms with Crippen LogP contribution in [0.4, 0.5) is 5.69 Å². The average Bonchev–Trinajstić information content (AvgIpc) is 2.54. The van der Waals surface area contributed by atoms with Crippen LogP contribution in [0.25, 0.3) is 0 Å². The minimum Gasteiger partial charge on any atom is -0.491 e. The number of hydrogen-bond donors (Lipinski definition) is 2. The molecule has 0 saturated heterocycles. The van der Waals surface area contributed by atoms with Crippen LogP contribution >= 0.6 is 0 Å². The van der Waals surface area contributed by atoms with Crippen molar-refractivity contribution in [2.24, 2.45) is 0 Å².